The lowest BCUT2D eigenvalue weighted by Gasteiger charge is -2.34. The highest BCUT2D eigenvalue weighted by atomic mass is 32.1. The molecule has 130 valence electrons. The summed E-state index contributed by atoms with van der Waals surface area (Å²) in [6, 6.07) is 1.86. The first-order valence-corrected chi connectivity index (χ1v) is 9.28. The zero-order valence-corrected chi connectivity index (χ0v) is 15.3. The topological polar surface area (TPSA) is 57.9 Å². The van der Waals surface area contributed by atoms with Crippen LogP contribution in [0.4, 0.5) is 0 Å². The summed E-state index contributed by atoms with van der Waals surface area (Å²) in [7, 11) is 1.88. The smallest absolute Gasteiger partial charge is 0.258 e. The lowest BCUT2D eigenvalue weighted by atomic mass is 9.95. The van der Waals surface area contributed by atoms with Gasteiger partial charge in [0, 0.05) is 43.2 Å². The van der Waals surface area contributed by atoms with Gasteiger partial charge in [-0.15, -0.1) is 11.3 Å². The van der Waals surface area contributed by atoms with E-state index in [-0.39, 0.29) is 23.4 Å². The van der Waals surface area contributed by atoms with E-state index in [1.165, 1.54) is 11.3 Å². The third-order valence-electron chi connectivity index (χ3n) is 4.80. The van der Waals surface area contributed by atoms with E-state index >= 15 is 0 Å². The zero-order valence-electron chi connectivity index (χ0n) is 14.4. The fourth-order valence-corrected chi connectivity index (χ4v) is 3.82. The molecule has 0 aliphatic carbocycles. The van der Waals surface area contributed by atoms with Crippen molar-refractivity contribution >= 4 is 22.2 Å². The van der Waals surface area contributed by atoms with Gasteiger partial charge in [0.2, 0.25) is 5.91 Å². The summed E-state index contributed by atoms with van der Waals surface area (Å²) >= 11 is 1.47. The van der Waals surface area contributed by atoms with Gasteiger partial charge in [0.25, 0.3) is 5.56 Å². The van der Waals surface area contributed by atoms with Gasteiger partial charge in [-0.1, -0.05) is 0 Å². The zero-order chi connectivity index (χ0) is 17.3. The van der Waals surface area contributed by atoms with E-state index in [1.807, 2.05) is 31.2 Å². The molecule has 0 spiro atoms. The minimum Gasteiger partial charge on any atom is -0.343 e. The van der Waals surface area contributed by atoms with Gasteiger partial charge in [-0.3, -0.25) is 18.9 Å². The van der Waals surface area contributed by atoms with Crippen molar-refractivity contribution in [1.29, 1.82) is 0 Å². The Bertz CT molecular complexity index is 774. The van der Waals surface area contributed by atoms with Crippen molar-refractivity contribution < 1.29 is 4.79 Å². The maximum absolute atomic E-state index is 12.4. The number of piperidine rings is 1. The minimum absolute atomic E-state index is 0.0279. The second-order valence-corrected chi connectivity index (χ2v) is 7.61. The van der Waals surface area contributed by atoms with E-state index < -0.39 is 0 Å². The summed E-state index contributed by atoms with van der Waals surface area (Å²) < 4.78 is 1.57. The van der Waals surface area contributed by atoms with Crippen LogP contribution >= 0.6 is 11.3 Å². The number of hydrogen-bond donors (Lipinski definition) is 0. The maximum Gasteiger partial charge on any atom is 0.258 e. The Morgan fingerprint density at radius 3 is 2.79 bits per heavy atom. The fraction of sp³-hybridized carbons (Fsp3) is 0.588. The number of amides is 1. The van der Waals surface area contributed by atoms with Crippen molar-refractivity contribution in [3.63, 3.8) is 0 Å². The summed E-state index contributed by atoms with van der Waals surface area (Å²) in [5.41, 5.74) is 0.784. The van der Waals surface area contributed by atoms with Gasteiger partial charge < -0.3 is 4.90 Å². The molecule has 0 N–H and O–H groups in total. The van der Waals surface area contributed by atoms with E-state index in [4.69, 9.17) is 0 Å². The highest BCUT2D eigenvalue weighted by Gasteiger charge is 2.28. The fourth-order valence-electron chi connectivity index (χ4n) is 3.08. The largest absolute Gasteiger partial charge is 0.343 e. The second-order valence-electron chi connectivity index (χ2n) is 6.73. The number of likely N-dealkylation sites (tertiary alicyclic amines) is 1. The van der Waals surface area contributed by atoms with Crippen LogP contribution in [0.25, 0.3) is 4.96 Å². The van der Waals surface area contributed by atoms with Crippen molar-refractivity contribution in [3.05, 3.63) is 33.7 Å². The Morgan fingerprint density at radius 1 is 1.42 bits per heavy atom. The van der Waals surface area contributed by atoms with Crippen LogP contribution in [0.3, 0.4) is 0 Å². The number of thiazole rings is 1. The first kappa shape index (κ1) is 17.1. The van der Waals surface area contributed by atoms with E-state index in [1.54, 1.807) is 16.7 Å². The normalized spacial score (nSPS) is 16.8. The molecule has 1 fully saturated rings. The van der Waals surface area contributed by atoms with Gasteiger partial charge in [0.1, 0.15) is 0 Å². The van der Waals surface area contributed by atoms with Gasteiger partial charge in [0.15, 0.2) is 4.96 Å². The molecule has 7 heteroatoms. The van der Waals surface area contributed by atoms with Crippen molar-refractivity contribution in [3.8, 4) is 0 Å². The monoisotopic (exact) mass is 348 g/mol. The number of rotatable bonds is 4. The summed E-state index contributed by atoms with van der Waals surface area (Å²) in [5, 5.41) is 1.87. The predicted molar refractivity (Wildman–Crippen MR) is 95.2 cm³/mol. The van der Waals surface area contributed by atoms with E-state index in [9.17, 15) is 9.59 Å². The molecule has 0 unspecified atom stereocenters. The number of nitrogens with zero attached hydrogens (tertiary/aromatic N) is 4. The Morgan fingerprint density at radius 2 is 2.12 bits per heavy atom. The molecule has 24 heavy (non-hydrogen) atoms. The van der Waals surface area contributed by atoms with E-state index in [0.717, 1.165) is 36.6 Å². The Kier molecular flexibility index (Phi) is 5.01. The maximum atomic E-state index is 12.4. The molecular formula is C17H24N4O2S. The van der Waals surface area contributed by atoms with Crippen molar-refractivity contribution in [2.24, 2.45) is 5.92 Å². The molecule has 3 heterocycles. The molecule has 2 aromatic heterocycles. The lowest BCUT2D eigenvalue weighted by Crippen LogP contribution is -2.43. The molecule has 0 aromatic carbocycles. The van der Waals surface area contributed by atoms with Gasteiger partial charge in [-0.2, -0.15) is 0 Å². The SMILES string of the molecule is CC(C)N(C)C(=O)C1CCN(Cc2cc(=O)n3ccsc3n2)CC1. The minimum atomic E-state index is -0.0279. The highest BCUT2D eigenvalue weighted by molar-refractivity contribution is 7.15. The predicted octanol–water partition coefficient (Wildman–Crippen LogP) is 1.83. The molecule has 3 rings (SSSR count). The van der Waals surface area contributed by atoms with Crippen LogP contribution in [-0.2, 0) is 11.3 Å². The molecule has 2 aromatic rings. The van der Waals surface area contributed by atoms with Crippen molar-refractivity contribution in [2.75, 3.05) is 20.1 Å². The standard InChI is InChI=1S/C17H24N4O2S/c1-12(2)19(3)16(23)13-4-6-20(7-5-13)11-14-10-15(22)21-8-9-24-17(21)18-14/h8-10,12-13H,4-7,11H2,1-3H3. The molecule has 1 amide bonds. The molecule has 1 saturated heterocycles. The van der Waals surface area contributed by atoms with Gasteiger partial charge in [-0.05, 0) is 39.8 Å². The number of hydrogen-bond acceptors (Lipinski definition) is 5. The average molecular weight is 348 g/mol. The first-order valence-electron chi connectivity index (χ1n) is 8.40. The molecule has 0 atom stereocenters. The molecule has 1 aliphatic heterocycles. The van der Waals surface area contributed by atoms with Crippen LogP contribution in [0.2, 0.25) is 0 Å². The molecule has 0 radical (unpaired) electrons. The molecule has 0 saturated carbocycles. The lowest BCUT2D eigenvalue weighted by molar-refractivity contribution is -0.137. The van der Waals surface area contributed by atoms with E-state index in [0.29, 0.717) is 6.54 Å². The van der Waals surface area contributed by atoms with Crippen LogP contribution in [-0.4, -0.2) is 51.3 Å². The highest BCUT2D eigenvalue weighted by Crippen LogP contribution is 2.21. The van der Waals surface area contributed by atoms with Crippen LogP contribution in [0.1, 0.15) is 32.4 Å². The number of carbonyl (C=O) groups excluding carboxylic acids is 1. The molecule has 6 nitrogen and oxygen atoms in total. The Hall–Kier alpha value is -1.73. The van der Waals surface area contributed by atoms with E-state index in [2.05, 4.69) is 9.88 Å². The quantitative estimate of drug-likeness (QED) is 0.846. The molecule has 0 bridgehead atoms. The van der Waals surface area contributed by atoms with Crippen molar-refractivity contribution in [1.82, 2.24) is 19.2 Å². The Balaban J connectivity index is 1.60. The summed E-state index contributed by atoms with van der Waals surface area (Å²) in [6.45, 7) is 6.49. The summed E-state index contributed by atoms with van der Waals surface area (Å²) in [5.74, 6) is 0.369. The molecule has 1 aliphatic rings. The summed E-state index contributed by atoms with van der Waals surface area (Å²) in [4.78, 5) is 33.9. The van der Waals surface area contributed by atoms with Gasteiger partial charge in [0.05, 0.1) is 5.69 Å². The third kappa shape index (κ3) is 3.52. The number of aromatic nitrogens is 2. The van der Waals surface area contributed by atoms with Gasteiger partial charge >= 0.3 is 0 Å². The molecular weight excluding hydrogens is 324 g/mol. The number of fused-ring (bicyclic) bond motifs is 1. The van der Waals surface area contributed by atoms with Crippen LogP contribution < -0.4 is 5.56 Å². The van der Waals surface area contributed by atoms with Crippen molar-refractivity contribution in [2.45, 2.75) is 39.3 Å². The first-order chi connectivity index (χ1) is 11.5. The van der Waals surface area contributed by atoms with Crippen LogP contribution in [0, 0.1) is 5.92 Å². The van der Waals surface area contributed by atoms with Crippen LogP contribution in [0.5, 0.6) is 0 Å². The van der Waals surface area contributed by atoms with Crippen LogP contribution in [0.15, 0.2) is 22.4 Å². The number of carbonyl (C=O) groups is 1. The van der Waals surface area contributed by atoms with Gasteiger partial charge in [-0.25, -0.2) is 4.98 Å². The third-order valence-corrected chi connectivity index (χ3v) is 5.56. The second kappa shape index (κ2) is 7.03. The summed E-state index contributed by atoms with van der Waals surface area (Å²) in [6.07, 6.45) is 3.49. The average Bonchev–Trinajstić information content (AvgIpc) is 3.03. The Labute approximate surface area is 145 Å².